The highest BCUT2D eigenvalue weighted by Gasteiger charge is 2.45. The Labute approximate surface area is 199 Å². The van der Waals surface area contributed by atoms with Crippen LogP contribution < -0.4 is 16.2 Å². The number of hydrogen-bond donors (Lipinski definition) is 1. The molecule has 6 heterocycles. The number of rotatable bonds is 4. The van der Waals surface area contributed by atoms with Crippen molar-refractivity contribution in [3.8, 4) is 0 Å². The predicted octanol–water partition coefficient (Wildman–Crippen LogP) is 0.978. The fourth-order valence-electron chi connectivity index (χ4n) is 4.93. The molecule has 6 rings (SSSR count). The first-order valence-electron chi connectivity index (χ1n) is 11.1. The monoisotopic (exact) mass is 496 g/mol. The van der Waals surface area contributed by atoms with Crippen LogP contribution in [0.3, 0.4) is 0 Å². The van der Waals surface area contributed by atoms with Gasteiger partial charge < -0.3 is 10.6 Å². The molecule has 4 aromatic heterocycles. The van der Waals surface area contributed by atoms with E-state index in [9.17, 15) is 17.6 Å². The summed E-state index contributed by atoms with van der Waals surface area (Å²) in [6.07, 6.45) is 3.27. The van der Waals surface area contributed by atoms with Crippen molar-refractivity contribution in [3.63, 3.8) is 0 Å². The molecule has 35 heavy (non-hydrogen) atoms. The molecule has 2 aliphatic rings. The number of sulfone groups is 1. The first-order chi connectivity index (χ1) is 16.7. The highest BCUT2D eigenvalue weighted by Crippen LogP contribution is 2.44. The third-order valence-electron chi connectivity index (χ3n) is 6.55. The summed E-state index contributed by atoms with van der Waals surface area (Å²) < 4.78 is 42.7. The van der Waals surface area contributed by atoms with Crippen molar-refractivity contribution in [2.45, 2.75) is 30.8 Å². The lowest BCUT2D eigenvalue weighted by Gasteiger charge is -2.47. The van der Waals surface area contributed by atoms with Crippen molar-refractivity contribution in [1.82, 2.24) is 29.1 Å². The first-order valence-corrected chi connectivity index (χ1v) is 12.7. The number of fused-ring (bicyclic) bond motifs is 2. The van der Waals surface area contributed by atoms with Crippen molar-refractivity contribution in [1.29, 1.82) is 0 Å². The van der Waals surface area contributed by atoms with E-state index in [1.165, 1.54) is 21.3 Å². The predicted molar refractivity (Wildman–Crippen MR) is 124 cm³/mol. The number of nitrogen functional groups attached to an aromatic ring is 1. The van der Waals surface area contributed by atoms with Crippen LogP contribution in [0.5, 0.6) is 0 Å². The van der Waals surface area contributed by atoms with Gasteiger partial charge in [0.05, 0.1) is 29.7 Å². The number of aryl methyl sites for hydroxylation is 1. The molecule has 2 atom stereocenters. The Bertz CT molecular complexity index is 1650. The van der Waals surface area contributed by atoms with E-state index in [-0.39, 0.29) is 46.8 Å². The zero-order valence-corrected chi connectivity index (χ0v) is 19.5. The Kier molecular flexibility index (Phi) is 4.68. The number of nitrogens with two attached hydrogens (primary N) is 1. The average Bonchev–Trinajstić information content (AvgIpc) is 3.33. The van der Waals surface area contributed by atoms with Gasteiger partial charge in [-0.1, -0.05) is 13.0 Å². The van der Waals surface area contributed by atoms with Crippen LogP contribution in [0.1, 0.15) is 30.2 Å². The van der Waals surface area contributed by atoms with Crippen LogP contribution in [-0.4, -0.2) is 49.8 Å². The zero-order valence-electron chi connectivity index (χ0n) is 18.7. The molecule has 0 saturated carbocycles. The number of hydrogen-bond acceptors (Lipinski definition) is 9. The topological polar surface area (TPSA) is 141 Å². The maximum Gasteiger partial charge on any atom is 0.281 e. The summed E-state index contributed by atoms with van der Waals surface area (Å²) in [4.78, 5) is 28.0. The van der Waals surface area contributed by atoms with Crippen molar-refractivity contribution >= 4 is 27.1 Å². The van der Waals surface area contributed by atoms with Crippen molar-refractivity contribution < 1.29 is 12.8 Å². The molecule has 0 spiro atoms. The lowest BCUT2D eigenvalue weighted by Crippen LogP contribution is -2.52. The third kappa shape index (κ3) is 3.29. The summed E-state index contributed by atoms with van der Waals surface area (Å²) in [7, 11) is -3.57. The van der Waals surface area contributed by atoms with E-state index >= 15 is 0 Å². The molecular weight excluding hydrogens is 475 g/mol. The van der Waals surface area contributed by atoms with Crippen LogP contribution in [0.15, 0.2) is 46.3 Å². The normalized spacial score (nSPS) is 20.7. The first kappa shape index (κ1) is 21.6. The van der Waals surface area contributed by atoms with Crippen molar-refractivity contribution in [2.24, 2.45) is 5.92 Å². The van der Waals surface area contributed by atoms with Crippen molar-refractivity contribution in [2.75, 3.05) is 22.9 Å². The van der Waals surface area contributed by atoms with Gasteiger partial charge in [-0.15, -0.1) is 0 Å². The van der Waals surface area contributed by atoms with Crippen LogP contribution in [0.2, 0.25) is 0 Å². The molecule has 2 aliphatic heterocycles. The Hall–Kier alpha value is -3.87. The molecule has 0 aliphatic carbocycles. The van der Waals surface area contributed by atoms with Crippen LogP contribution in [0.4, 0.5) is 16.2 Å². The van der Waals surface area contributed by atoms with Gasteiger partial charge in [-0.2, -0.15) is 10.1 Å². The summed E-state index contributed by atoms with van der Waals surface area (Å²) in [5, 5.41) is 4.60. The minimum Gasteiger partial charge on any atom is -0.368 e. The summed E-state index contributed by atoms with van der Waals surface area (Å²) in [5.74, 6) is -0.190. The summed E-state index contributed by atoms with van der Waals surface area (Å²) in [5.41, 5.74) is 6.19. The third-order valence-corrected chi connectivity index (χ3v) is 8.33. The molecule has 180 valence electrons. The second kappa shape index (κ2) is 7.57. The standard InChI is InChI=1S/C22H21FN8O3S/c1-12-10-29(20-18-15(26-22(24)27-20)6-9-35(18,33)34)16(12)19-28-31-8-5-14(23)17(31)21(32)30(19)11-13-4-2-3-7-25-13/h2-5,7-8,12,16H,6,9-11H2,1H3,(H2,24,26,27)/t12-,16?/m0/s1. The van der Waals surface area contributed by atoms with E-state index in [2.05, 4.69) is 20.1 Å². The highest BCUT2D eigenvalue weighted by molar-refractivity contribution is 7.91. The van der Waals surface area contributed by atoms with Gasteiger partial charge in [0.25, 0.3) is 5.56 Å². The smallest absolute Gasteiger partial charge is 0.281 e. The minimum atomic E-state index is -3.57. The fraction of sp³-hybridized carbons (Fsp3) is 0.318. The average molecular weight is 497 g/mol. The maximum absolute atomic E-state index is 14.5. The Morgan fingerprint density at radius 3 is 2.80 bits per heavy atom. The van der Waals surface area contributed by atoms with Gasteiger partial charge >= 0.3 is 0 Å². The fourth-order valence-corrected chi connectivity index (χ4v) is 6.54. The molecule has 0 amide bonds. The molecule has 4 aromatic rings. The molecule has 1 saturated heterocycles. The van der Waals surface area contributed by atoms with Gasteiger partial charge in [0, 0.05) is 31.3 Å². The minimum absolute atomic E-state index is 0.00862. The number of aromatic nitrogens is 6. The SMILES string of the molecule is C[C@H]1CN(c2nc(N)nc3c2S(=O)(=O)CC3)C1c1nn2ccc(F)c2c(=O)n1Cc1ccccn1. The van der Waals surface area contributed by atoms with E-state index in [0.717, 1.165) is 0 Å². The largest absolute Gasteiger partial charge is 0.368 e. The van der Waals surface area contributed by atoms with Gasteiger partial charge in [0.1, 0.15) is 4.90 Å². The lowest BCUT2D eigenvalue weighted by molar-refractivity contribution is 0.292. The molecule has 0 radical (unpaired) electrons. The van der Waals surface area contributed by atoms with Crippen LogP contribution in [0, 0.1) is 11.7 Å². The zero-order chi connectivity index (χ0) is 24.5. The summed E-state index contributed by atoms with van der Waals surface area (Å²) in [6.45, 7) is 2.52. The van der Waals surface area contributed by atoms with Gasteiger partial charge in [-0.05, 0) is 18.2 Å². The van der Waals surface area contributed by atoms with E-state index < -0.39 is 27.3 Å². The number of pyridine rings is 1. The second-order valence-corrected chi connectivity index (χ2v) is 10.9. The lowest BCUT2D eigenvalue weighted by atomic mass is 9.89. The Morgan fingerprint density at radius 1 is 1.23 bits per heavy atom. The van der Waals surface area contributed by atoms with Crippen molar-refractivity contribution in [3.05, 3.63) is 70.0 Å². The summed E-state index contributed by atoms with van der Waals surface area (Å²) in [6, 6.07) is 6.01. The summed E-state index contributed by atoms with van der Waals surface area (Å²) >= 11 is 0. The van der Waals surface area contributed by atoms with E-state index in [1.807, 2.05) is 6.92 Å². The number of anilines is 2. The van der Waals surface area contributed by atoms with Gasteiger partial charge in [0.2, 0.25) is 5.95 Å². The molecule has 1 fully saturated rings. The highest BCUT2D eigenvalue weighted by atomic mass is 32.2. The maximum atomic E-state index is 14.5. The molecule has 13 heteroatoms. The van der Waals surface area contributed by atoms with Gasteiger partial charge in [-0.25, -0.2) is 22.3 Å². The Morgan fingerprint density at radius 2 is 2.06 bits per heavy atom. The van der Waals surface area contributed by atoms with Gasteiger partial charge in [0.15, 0.2) is 32.8 Å². The quantitative estimate of drug-likeness (QED) is 0.437. The van der Waals surface area contributed by atoms with Crippen LogP contribution in [0.25, 0.3) is 5.52 Å². The Balaban J connectivity index is 1.55. The van der Waals surface area contributed by atoms with E-state index in [1.54, 1.807) is 29.3 Å². The molecule has 11 nitrogen and oxygen atoms in total. The van der Waals surface area contributed by atoms with E-state index in [4.69, 9.17) is 5.73 Å². The molecule has 2 N–H and O–H groups in total. The van der Waals surface area contributed by atoms with Crippen LogP contribution in [-0.2, 0) is 22.8 Å². The van der Waals surface area contributed by atoms with Gasteiger partial charge in [-0.3, -0.25) is 14.3 Å². The van der Waals surface area contributed by atoms with Crippen LogP contribution >= 0.6 is 0 Å². The number of nitrogens with zero attached hydrogens (tertiary/aromatic N) is 7. The second-order valence-electron chi connectivity index (χ2n) is 8.85. The molecule has 0 bridgehead atoms. The molecular formula is C22H21FN8O3S. The molecule has 0 aromatic carbocycles. The number of halogens is 1. The molecule has 1 unspecified atom stereocenters. The van der Waals surface area contributed by atoms with E-state index in [0.29, 0.717) is 23.8 Å².